The minimum Gasteiger partial charge on any atom is -0.392 e. The molecule has 2 rings (SSSR count). The fraction of sp³-hybridized carbons (Fsp3) is 0.667. The van der Waals surface area contributed by atoms with Crippen molar-refractivity contribution in [2.45, 2.75) is 51.7 Å². The van der Waals surface area contributed by atoms with E-state index in [0.29, 0.717) is 17.4 Å². The standard InChI is InChI=1S/C15H23FN2O/c1-3-11-4-6-13(7-5-11)18(2)15-14(16)12(10-19)8-9-17-15/h8-9,11,13,19H,3-7,10H2,1-2H3. The first-order chi connectivity index (χ1) is 9.17. The molecule has 0 spiro atoms. The molecule has 1 heterocycles. The van der Waals surface area contributed by atoms with E-state index < -0.39 is 0 Å². The van der Waals surface area contributed by atoms with Gasteiger partial charge in [0.15, 0.2) is 11.6 Å². The van der Waals surface area contributed by atoms with E-state index in [0.717, 1.165) is 18.8 Å². The fourth-order valence-corrected chi connectivity index (χ4v) is 2.95. The van der Waals surface area contributed by atoms with Crippen LogP contribution in [0.5, 0.6) is 0 Å². The van der Waals surface area contributed by atoms with Crippen LogP contribution in [0.3, 0.4) is 0 Å². The third kappa shape index (κ3) is 3.06. The van der Waals surface area contributed by atoms with Gasteiger partial charge in [0.1, 0.15) is 0 Å². The van der Waals surface area contributed by atoms with Crippen LogP contribution in [0, 0.1) is 11.7 Å². The second-order valence-corrected chi connectivity index (χ2v) is 5.46. The molecular weight excluding hydrogens is 243 g/mol. The Kier molecular flexibility index (Phi) is 4.75. The van der Waals surface area contributed by atoms with Crippen molar-refractivity contribution >= 4 is 5.82 Å². The summed E-state index contributed by atoms with van der Waals surface area (Å²) in [5, 5.41) is 9.12. The lowest BCUT2D eigenvalue weighted by Gasteiger charge is -2.35. The SMILES string of the molecule is CCC1CCC(N(C)c2nccc(CO)c2F)CC1. The van der Waals surface area contributed by atoms with Crippen LogP contribution >= 0.6 is 0 Å². The number of hydrogen-bond donors (Lipinski definition) is 1. The molecule has 1 fully saturated rings. The molecule has 0 saturated heterocycles. The number of aromatic nitrogens is 1. The van der Waals surface area contributed by atoms with E-state index in [4.69, 9.17) is 5.11 Å². The van der Waals surface area contributed by atoms with Crippen molar-refractivity contribution in [2.75, 3.05) is 11.9 Å². The minimum absolute atomic E-state index is 0.280. The second-order valence-electron chi connectivity index (χ2n) is 5.46. The van der Waals surface area contributed by atoms with Gasteiger partial charge in [-0.25, -0.2) is 9.37 Å². The molecule has 1 aliphatic carbocycles. The van der Waals surface area contributed by atoms with Crippen molar-refractivity contribution in [3.05, 3.63) is 23.6 Å². The first-order valence-corrected chi connectivity index (χ1v) is 7.14. The number of aliphatic hydroxyl groups is 1. The van der Waals surface area contributed by atoms with Gasteiger partial charge >= 0.3 is 0 Å². The Bertz CT molecular complexity index is 417. The molecule has 1 saturated carbocycles. The van der Waals surface area contributed by atoms with Crippen LogP contribution < -0.4 is 4.90 Å². The Labute approximate surface area is 114 Å². The van der Waals surface area contributed by atoms with Gasteiger partial charge in [-0.05, 0) is 37.7 Å². The molecule has 1 aromatic heterocycles. The highest BCUT2D eigenvalue weighted by atomic mass is 19.1. The summed E-state index contributed by atoms with van der Waals surface area (Å²) in [5.41, 5.74) is 0.319. The van der Waals surface area contributed by atoms with Crippen molar-refractivity contribution in [3.8, 4) is 0 Å². The lowest BCUT2D eigenvalue weighted by Crippen LogP contribution is -2.36. The van der Waals surface area contributed by atoms with Crippen molar-refractivity contribution in [2.24, 2.45) is 5.92 Å². The van der Waals surface area contributed by atoms with Gasteiger partial charge in [0.25, 0.3) is 0 Å². The highest BCUT2D eigenvalue weighted by molar-refractivity contribution is 5.43. The topological polar surface area (TPSA) is 36.4 Å². The minimum atomic E-state index is -0.384. The predicted molar refractivity (Wildman–Crippen MR) is 74.6 cm³/mol. The summed E-state index contributed by atoms with van der Waals surface area (Å²) in [6, 6.07) is 1.89. The highest BCUT2D eigenvalue weighted by Crippen LogP contribution is 2.31. The van der Waals surface area contributed by atoms with Crippen LogP contribution in [-0.4, -0.2) is 23.2 Å². The maximum absolute atomic E-state index is 14.2. The summed E-state index contributed by atoms with van der Waals surface area (Å²) in [5.74, 6) is 0.808. The van der Waals surface area contributed by atoms with Gasteiger partial charge < -0.3 is 10.0 Å². The van der Waals surface area contributed by atoms with Crippen LogP contribution in [0.4, 0.5) is 10.2 Å². The average Bonchev–Trinajstić information content (AvgIpc) is 2.47. The quantitative estimate of drug-likeness (QED) is 0.909. The molecule has 0 aromatic carbocycles. The summed E-state index contributed by atoms with van der Waals surface area (Å²) >= 11 is 0. The molecule has 1 N–H and O–H groups in total. The number of halogens is 1. The van der Waals surface area contributed by atoms with Gasteiger partial charge in [-0.2, -0.15) is 0 Å². The average molecular weight is 266 g/mol. The van der Waals surface area contributed by atoms with Gasteiger partial charge in [0, 0.05) is 24.8 Å². The molecular formula is C15H23FN2O. The number of anilines is 1. The molecule has 0 amide bonds. The van der Waals surface area contributed by atoms with Gasteiger partial charge in [0.2, 0.25) is 0 Å². The molecule has 0 radical (unpaired) electrons. The first kappa shape index (κ1) is 14.3. The molecule has 4 heteroatoms. The molecule has 0 unspecified atom stereocenters. The first-order valence-electron chi connectivity index (χ1n) is 7.14. The van der Waals surface area contributed by atoms with E-state index in [1.54, 1.807) is 6.20 Å². The maximum atomic E-state index is 14.2. The third-order valence-electron chi connectivity index (χ3n) is 4.40. The van der Waals surface area contributed by atoms with Crippen molar-refractivity contribution in [3.63, 3.8) is 0 Å². The lowest BCUT2D eigenvalue weighted by atomic mass is 9.84. The fourth-order valence-electron chi connectivity index (χ4n) is 2.95. The Morgan fingerprint density at radius 3 is 2.63 bits per heavy atom. The lowest BCUT2D eigenvalue weighted by molar-refractivity contribution is 0.275. The summed E-state index contributed by atoms with van der Waals surface area (Å²) in [6.45, 7) is 1.96. The van der Waals surface area contributed by atoms with Crippen molar-refractivity contribution < 1.29 is 9.50 Å². The normalized spacial score (nSPS) is 23.4. The van der Waals surface area contributed by atoms with Crippen LogP contribution in [0.2, 0.25) is 0 Å². The van der Waals surface area contributed by atoms with Crippen LogP contribution in [0.1, 0.15) is 44.6 Å². The summed E-state index contributed by atoms with van der Waals surface area (Å²) in [7, 11) is 1.91. The number of hydrogen-bond acceptors (Lipinski definition) is 3. The van der Waals surface area contributed by atoms with E-state index >= 15 is 0 Å². The van der Waals surface area contributed by atoms with Crippen LogP contribution in [0.25, 0.3) is 0 Å². The Balaban J connectivity index is 2.10. The number of rotatable bonds is 4. The molecule has 106 valence electrons. The van der Waals surface area contributed by atoms with Gasteiger partial charge in [0.05, 0.1) is 6.61 Å². The zero-order valence-corrected chi connectivity index (χ0v) is 11.8. The largest absolute Gasteiger partial charge is 0.392 e. The van der Waals surface area contributed by atoms with E-state index in [-0.39, 0.29) is 12.4 Å². The highest BCUT2D eigenvalue weighted by Gasteiger charge is 2.25. The summed E-state index contributed by atoms with van der Waals surface area (Å²) in [6.07, 6.45) is 7.43. The number of nitrogens with zero attached hydrogens (tertiary/aromatic N) is 2. The van der Waals surface area contributed by atoms with Crippen LogP contribution in [0.15, 0.2) is 12.3 Å². The number of aliphatic hydroxyl groups excluding tert-OH is 1. The molecule has 0 aliphatic heterocycles. The smallest absolute Gasteiger partial charge is 0.171 e. The van der Waals surface area contributed by atoms with Crippen molar-refractivity contribution in [1.29, 1.82) is 0 Å². The molecule has 3 nitrogen and oxygen atoms in total. The number of pyridine rings is 1. The molecule has 0 bridgehead atoms. The summed E-state index contributed by atoms with van der Waals surface area (Å²) < 4.78 is 14.2. The molecule has 1 aliphatic rings. The monoisotopic (exact) mass is 266 g/mol. The molecule has 0 atom stereocenters. The Hall–Kier alpha value is -1.16. The molecule has 1 aromatic rings. The molecule has 19 heavy (non-hydrogen) atoms. The van der Waals surface area contributed by atoms with Gasteiger partial charge in [-0.15, -0.1) is 0 Å². The zero-order chi connectivity index (χ0) is 13.8. The van der Waals surface area contributed by atoms with Crippen LogP contribution in [-0.2, 0) is 6.61 Å². The third-order valence-corrected chi connectivity index (χ3v) is 4.40. The predicted octanol–water partition coefficient (Wildman–Crippen LogP) is 3.12. The maximum Gasteiger partial charge on any atom is 0.171 e. The Morgan fingerprint density at radius 2 is 2.05 bits per heavy atom. The Morgan fingerprint density at radius 1 is 1.37 bits per heavy atom. The zero-order valence-electron chi connectivity index (χ0n) is 11.8. The van der Waals surface area contributed by atoms with E-state index in [2.05, 4.69) is 11.9 Å². The van der Waals surface area contributed by atoms with E-state index in [1.165, 1.54) is 25.3 Å². The van der Waals surface area contributed by atoms with Gasteiger partial charge in [-0.1, -0.05) is 13.3 Å². The van der Waals surface area contributed by atoms with Gasteiger partial charge in [-0.3, -0.25) is 0 Å². The van der Waals surface area contributed by atoms with Crippen molar-refractivity contribution in [1.82, 2.24) is 4.98 Å². The second kappa shape index (κ2) is 6.33. The van der Waals surface area contributed by atoms with E-state index in [9.17, 15) is 4.39 Å². The van der Waals surface area contributed by atoms with E-state index in [1.807, 2.05) is 11.9 Å². The summed E-state index contributed by atoms with van der Waals surface area (Å²) in [4.78, 5) is 6.09.